The summed E-state index contributed by atoms with van der Waals surface area (Å²) in [5.41, 5.74) is 10.4. The van der Waals surface area contributed by atoms with Crippen LogP contribution in [-0.4, -0.2) is 0 Å². The van der Waals surface area contributed by atoms with Crippen LogP contribution in [0.4, 0.5) is 17.1 Å². The van der Waals surface area contributed by atoms with E-state index in [9.17, 15) is 0 Å². The van der Waals surface area contributed by atoms with Crippen LogP contribution in [-0.2, 0) is 5.41 Å². The fraction of sp³-hybridized carbons (Fsp3) is 0.0800. The SMILES string of the molecule is CC(C)(C)c1ccc(-c2cc(Oc3ccc(Cl)cc3-c3ccccc3)cc(N(c3cccc(Cl)c3)c3cc4ccccc4cc3-c3ccccc3)c2)cc1. The smallest absolute Gasteiger partial charge is 0.135 e. The van der Waals surface area contributed by atoms with Crippen molar-refractivity contribution in [2.75, 3.05) is 4.90 Å². The first-order valence-electron chi connectivity index (χ1n) is 18.1. The van der Waals surface area contributed by atoms with Crippen LogP contribution in [0.5, 0.6) is 11.5 Å². The van der Waals surface area contributed by atoms with Crippen LogP contribution < -0.4 is 9.64 Å². The minimum atomic E-state index is 0.0321. The average molecular weight is 741 g/mol. The summed E-state index contributed by atoms with van der Waals surface area (Å²) in [5.74, 6) is 1.40. The van der Waals surface area contributed by atoms with Gasteiger partial charge in [0, 0.05) is 32.9 Å². The molecule has 0 atom stereocenters. The summed E-state index contributed by atoms with van der Waals surface area (Å²) in [6, 6.07) is 63.0. The average Bonchev–Trinajstić information content (AvgIpc) is 3.19. The number of anilines is 3. The molecule has 4 heteroatoms. The van der Waals surface area contributed by atoms with Crippen LogP contribution in [0.15, 0.2) is 182 Å². The van der Waals surface area contributed by atoms with Crippen molar-refractivity contribution in [3.05, 3.63) is 198 Å². The van der Waals surface area contributed by atoms with Gasteiger partial charge in [-0.1, -0.05) is 159 Å². The third-order valence-corrected chi connectivity index (χ3v) is 10.2. The molecular formula is C50H39Cl2NO. The lowest BCUT2D eigenvalue weighted by Gasteiger charge is -2.29. The highest BCUT2D eigenvalue weighted by Gasteiger charge is 2.22. The van der Waals surface area contributed by atoms with Crippen LogP contribution >= 0.6 is 23.2 Å². The topological polar surface area (TPSA) is 12.5 Å². The quantitative estimate of drug-likeness (QED) is 0.154. The Morgan fingerprint density at radius 1 is 0.444 bits per heavy atom. The van der Waals surface area contributed by atoms with Crippen molar-refractivity contribution in [2.45, 2.75) is 26.2 Å². The number of ether oxygens (including phenoxy) is 1. The highest BCUT2D eigenvalue weighted by atomic mass is 35.5. The molecule has 0 amide bonds. The Kier molecular flexibility index (Phi) is 9.73. The molecule has 0 unspecified atom stereocenters. The van der Waals surface area contributed by atoms with Gasteiger partial charge in [0.15, 0.2) is 0 Å². The molecule has 0 bridgehead atoms. The molecule has 54 heavy (non-hydrogen) atoms. The summed E-state index contributed by atoms with van der Waals surface area (Å²) in [7, 11) is 0. The molecule has 0 aliphatic rings. The lowest BCUT2D eigenvalue weighted by Crippen LogP contribution is -2.12. The number of benzene rings is 8. The summed E-state index contributed by atoms with van der Waals surface area (Å²) in [4.78, 5) is 2.29. The molecule has 0 fully saturated rings. The minimum Gasteiger partial charge on any atom is -0.457 e. The van der Waals surface area contributed by atoms with Crippen LogP contribution in [0.3, 0.4) is 0 Å². The molecular weight excluding hydrogens is 701 g/mol. The summed E-state index contributed by atoms with van der Waals surface area (Å²) in [6.45, 7) is 6.71. The molecule has 0 radical (unpaired) electrons. The lowest BCUT2D eigenvalue weighted by molar-refractivity contribution is 0.485. The van der Waals surface area contributed by atoms with E-state index < -0.39 is 0 Å². The summed E-state index contributed by atoms with van der Waals surface area (Å²) in [5, 5.41) is 3.60. The Balaban J connectivity index is 1.38. The van der Waals surface area contributed by atoms with Gasteiger partial charge in [0.1, 0.15) is 11.5 Å². The van der Waals surface area contributed by atoms with Gasteiger partial charge in [0.2, 0.25) is 0 Å². The Labute approximate surface area is 327 Å². The third-order valence-electron chi connectivity index (χ3n) is 9.74. The van der Waals surface area contributed by atoms with E-state index in [4.69, 9.17) is 27.9 Å². The monoisotopic (exact) mass is 739 g/mol. The predicted octanol–water partition coefficient (Wildman–Crippen LogP) is 15.7. The molecule has 0 saturated carbocycles. The van der Waals surface area contributed by atoms with Crippen molar-refractivity contribution in [2.24, 2.45) is 0 Å². The molecule has 0 aromatic heterocycles. The van der Waals surface area contributed by atoms with Gasteiger partial charge in [-0.15, -0.1) is 0 Å². The number of fused-ring (bicyclic) bond motifs is 1. The number of hydrogen-bond acceptors (Lipinski definition) is 2. The van der Waals surface area contributed by atoms with Crippen molar-refractivity contribution in [3.8, 4) is 44.9 Å². The van der Waals surface area contributed by atoms with E-state index in [1.54, 1.807) is 0 Å². The van der Waals surface area contributed by atoms with Gasteiger partial charge in [-0.3, -0.25) is 0 Å². The Hall–Kier alpha value is -5.80. The van der Waals surface area contributed by atoms with E-state index >= 15 is 0 Å². The van der Waals surface area contributed by atoms with E-state index in [1.165, 1.54) is 10.9 Å². The van der Waals surface area contributed by atoms with E-state index in [0.717, 1.165) is 55.8 Å². The van der Waals surface area contributed by atoms with Crippen molar-refractivity contribution in [1.29, 1.82) is 0 Å². The van der Waals surface area contributed by atoms with E-state index in [1.807, 2.05) is 54.6 Å². The van der Waals surface area contributed by atoms with Gasteiger partial charge in [0.05, 0.1) is 11.4 Å². The van der Waals surface area contributed by atoms with Gasteiger partial charge in [-0.2, -0.15) is 0 Å². The van der Waals surface area contributed by atoms with Crippen molar-refractivity contribution < 1.29 is 4.74 Å². The van der Waals surface area contributed by atoms with Crippen LogP contribution in [0.2, 0.25) is 10.0 Å². The van der Waals surface area contributed by atoms with Gasteiger partial charge in [-0.05, 0) is 105 Å². The standard InChI is InChI=1S/C50H39Cl2NO/c1-50(2,3)40-23-21-34(22-24-40)39-27-44(33-45(28-39)54-49-26-25-42(52)32-47(49)36-15-8-5-9-16-36)53(43-20-12-19-41(51)31-43)48-30-38-18-11-10-17-37(38)29-46(48)35-13-6-4-7-14-35/h4-33H,1-3H3. The second-order valence-corrected chi connectivity index (χ2v) is 15.4. The second kappa shape index (κ2) is 14.9. The predicted molar refractivity (Wildman–Crippen MR) is 230 cm³/mol. The number of rotatable bonds is 8. The Morgan fingerprint density at radius 2 is 1.07 bits per heavy atom. The maximum atomic E-state index is 6.92. The molecule has 0 heterocycles. The normalized spacial score (nSPS) is 11.4. The molecule has 264 valence electrons. The van der Waals surface area contributed by atoms with Crippen LogP contribution in [0, 0.1) is 0 Å². The van der Waals surface area contributed by atoms with E-state index in [0.29, 0.717) is 21.5 Å². The van der Waals surface area contributed by atoms with Crippen molar-refractivity contribution in [3.63, 3.8) is 0 Å². The Morgan fingerprint density at radius 3 is 1.74 bits per heavy atom. The first kappa shape index (κ1) is 35.2. The van der Waals surface area contributed by atoms with Crippen molar-refractivity contribution in [1.82, 2.24) is 0 Å². The van der Waals surface area contributed by atoms with E-state index in [2.05, 4.69) is 153 Å². The molecule has 0 aliphatic heterocycles. The molecule has 0 spiro atoms. The van der Waals surface area contributed by atoms with Crippen molar-refractivity contribution >= 4 is 51.0 Å². The number of halogens is 2. The minimum absolute atomic E-state index is 0.0321. The zero-order valence-corrected chi connectivity index (χ0v) is 31.9. The van der Waals surface area contributed by atoms with Crippen LogP contribution in [0.25, 0.3) is 44.2 Å². The molecule has 8 aromatic rings. The summed E-state index contributed by atoms with van der Waals surface area (Å²) in [6.07, 6.45) is 0. The zero-order valence-electron chi connectivity index (χ0n) is 30.4. The second-order valence-electron chi connectivity index (χ2n) is 14.5. The molecule has 0 N–H and O–H groups in total. The van der Waals surface area contributed by atoms with Crippen LogP contribution in [0.1, 0.15) is 26.3 Å². The molecule has 0 saturated heterocycles. The first-order chi connectivity index (χ1) is 26.2. The fourth-order valence-corrected chi connectivity index (χ4v) is 7.32. The summed E-state index contributed by atoms with van der Waals surface area (Å²) < 4.78 is 6.92. The molecule has 8 aromatic carbocycles. The molecule has 8 rings (SSSR count). The maximum Gasteiger partial charge on any atom is 0.135 e. The first-order valence-corrected chi connectivity index (χ1v) is 18.9. The third kappa shape index (κ3) is 7.50. The van der Waals surface area contributed by atoms with Gasteiger partial charge in [-0.25, -0.2) is 0 Å². The highest BCUT2D eigenvalue weighted by Crippen LogP contribution is 2.46. The number of hydrogen-bond donors (Lipinski definition) is 0. The summed E-state index contributed by atoms with van der Waals surface area (Å²) >= 11 is 13.3. The number of nitrogens with zero attached hydrogens (tertiary/aromatic N) is 1. The highest BCUT2D eigenvalue weighted by molar-refractivity contribution is 6.31. The molecule has 0 aliphatic carbocycles. The maximum absolute atomic E-state index is 6.92. The Bertz CT molecular complexity index is 2580. The fourth-order valence-electron chi connectivity index (χ4n) is 6.97. The van der Waals surface area contributed by atoms with Gasteiger partial charge in [0.25, 0.3) is 0 Å². The zero-order chi connectivity index (χ0) is 37.2. The van der Waals surface area contributed by atoms with Gasteiger partial charge < -0.3 is 9.64 Å². The van der Waals surface area contributed by atoms with E-state index in [-0.39, 0.29) is 5.41 Å². The largest absolute Gasteiger partial charge is 0.457 e. The lowest BCUT2D eigenvalue weighted by atomic mass is 9.86. The van der Waals surface area contributed by atoms with Gasteiger partial charge >= 0.3 is 0 Å². The molecule has 2 nitrogen and oxygen atoms in total.